The van der Waals surface area contributed by atoms with Crippen LogP contribution in [0, 0.1) is 11.6 Å². The van der Waals surface area contributed by atoms with E-state index in [9.17, 15) is 22.0 Å². The van der Waals surface area contributed by atoms with E-state index >= 15 is 0 Å². The molecule has 0 atom stereocenters. The second kappa shape index (κ2) is 8.21. The zero-order valence-corrected chi connectivity index (χ0v) is 15.8. The maximum atomic E-state index is 13.8. The van der Waals surface area contributed by atoms with E-state index in [1.54, 1.807) is 0 Å². The van der Waals surface area contributed by atoms with E-state index in [0.29, 0.717) is 0 Å². The summed E-state index contributed by atoms with van der Waals surface area (Å²) in [5.74, 6) is -2.68. The molecule has 0 aliphatic carbocycles. The summed E-state index contributed by atoms with van der Waals surface area (Å²) in [5, 5.41) is 2.13. The molecule has 7 nitrogen and oxygen atoms in total. The molecular formula is C18H18F2N2O5S. The van der Waals surface area contributed by atoms with Crippen molar-refractivity contribution in [1.29, 1.82) is 0 Å². The van der Waals surface area contributed by atoms with Crippen LogP contribution in [0.5, 0.6) is 5.75 Å². The highest BCUT2D eigenvalue weighted by Gasteiger charge is 2.30. The standard InChI is InChI=1S/C18H18F2N2O5S/c1-26-15-6-5-12(18(23)21-17-13(19)3-2-4-14(17)20)11-16(15)28(24,25)22-7-9-27-10-8-22/h2-6,11H,7-10H2,1H3,(H,21,23). The predicted molar refractivity (Wildman–Crippen MR) is 96.9 cm³/mol. The van der Waals surface area contributed by atoms with Gasteiger partial charge in [0, 0.05) is 18.7 Å². The van der Waals surface area contributed by atoms with E-state index in [1.807, 2.05) is 0 Å². The summed E-state index contributed by atoms with van der Waals surface area (Å²) in [6.45, 7) is 0.854. The number of benzene rings is 2. The van der Waals surface area contributed by atoms with Crippen LogP contribution in [0.25, 0.3) is 0 Å². The quantitative estimate of drug-likeness (QED) is 0.814. The molecule has 1 aliphatic heterocycles. The lowest BCUT2D eigenvalue weighted by molar-refractivity contribution is 0.0729. The number of para-hydroxylation sites is 1. The molecule has 0 spiro atoms. The summed E-state index contributed by atoms with van der Waals surface area (Å²) in [6, 6.07) is 6.92. The highest BCUT2D eigenvalue weighted by molar-refractivity contribution is 7.89. The molecule has 1 fully saturated rings. The number of sulfonamides is 1. The third-order valence-corrected chi connectivity index (χ3v) is 6.13. The molecule has 28 heavy (non-hydrogen) atoms. The van der Waals surface area contributed by atoms with Crippen LogP contribution < -0.4 is 10.1 Å². The number of ether oxygens (including phenoxy) is 2. The molecule has 1 amide bonds. The number of methoxy groups -OCH3 is 1. The molecule has 10 heteroatoms. The van der Waals surface area contributed by atoms with Crippen LogP contribution >= 0.6 is 0 Å². The number of amides is 1. The van der Waals surface area contributed by atoms with Crippen molar-refractivity contribution in [2.45, 2.75) is 4.90 Å². The lowest BCUT2D eigenvalue weighted by Gasteiger charge is -2.26. The zero-order chi connectivity index (χ0) is 20.3. The molecule has 1 aliphatic rings. The Labute approximate surface area is 160 Å². The van der Waals surface area contributed by atoms with Gasteiger partial charge in [0.15, 0.2) is 0 Å². The highest BCUT2D eigenvalue weighted by atomic mass is 32.2. The number of nitrogens with one attached hydrogen (secondary N) is 1. The molecule has 0 bridgehead atoms. The van der Waals surface area contributed by atoms with E-state index in [1.165, 1.54) is 29.6 Å². The molecule has 150 valence electrons. The van der Waals surface area contributed by atoms with Crippen LogP contribution in [0.1, 0.15) is 10.4 Å². The van der Waals surface area contributed by atoms with E-state index in [2.05, 4.69) is 5.32 Å². The van der Waals surface area contributed by atoms with Gasteiger partial charge in [0.1, 0.15) is 28.0 Å². The van der Waals surface area contributed by atoms with Gasteiger partial charge in [0.2, 0.25) is 10.0 Å². The minimum Gasteiger partial charge on any atom is -0.495 e. The van der Waals surface area contributed by atoms with Gasteiger partial charge in [-0.3, -0.25) is 4.79 Å². The molecule has 0 unspecified atom stereocenters. The first-order valence-electron chi connectivity index (χ1n) is 8.36. The molecule has 3 rings (SSSR count). The molecule has 1 N–H and O–H groups in total. The van der Waals surface area contributed by atoms with Crippen molar-refractivity contribution in [3.05, 3.63) is 53.6 Å². The smallest absolute Gasteiger partial charge is 0.255 e. The van der Waals surface area contributed by atoms with Crippen molar-refractivity contribution in [2.24, 2.45) is 0 Å². The van der Waals surface area contributed by atoms with Gasteiger partial charge < -0.3 is 14.8 Å². The molecule has 1 heterocycles. The topological polar surface area (TPSA) is 84.9 Å². The fourth-order valence-corrected chi connectivity index (χ4v) is 4.34. The summed E-state index contributed by atoms with van der Waals surface area (Å²) in [6.07, 6.45) is 0. The number of rotatable bonds is 5. The van der Waals surface area contributed by atoms with Crippen LogP contribution in [-0.4, -0.2) is 52.0 Å². The molecule has 0 aromatic heterocycles. The van der Waals surface area contributed by atoms with E-state index in [-0.39, 0.29) is 42.5 Å². The second-order valence-electron chi connectivity index (χ2n) is 5.93. The van der Waals surface area contributed by atoms with Gasteiger partial charge >= 0.3 is 0 Å². The molecule has 0 radical (unpaired) electrons. The number of hydrogen-bond donors (Lipinski definition) is 1. The molecular weight excluding hydrogens is 394 g/mol. The van der Waals surface area contributed by atoms with Gasteiger partial charge in [-0.2, -0.15) is 4.31 Å². The van der Waals surface area contributed by atoms with Crippen LogP contribution in [0.3, 0.4) is 0 Å². The third-order valence-electron chi connectivity index (χ3n) is 4.21. The molecule has 2 aromatic carbocycles. The van der Waals surface area contributed by atoms with Gasteiger partial charge in [-0.25, -0.2) is 17.2 Å². The summed E-state index contributed by atoms with van der Waals surface area (Å²) in [4.78, 5) is 12.3. The third kappa shape index (κ3) is 3.98. The van der Waals surface area contributed by atoms with Gasteiger partial charge in [0.25, 0.3) is 5.91 Å². The Morgan fingerprint density at radius 2 is 1.79 bits per heavy atom. The number of halogens is 2. The molecule has 0 saturated carbocycles. The fourth-order valence-electron chi connectivity index (χ4n) is 2.75. The number of nitrogens with zero attached hydrogens (tertiary/aromatic N) is 1. The fraction of sp³-hybridized carbons (Fsp3) is 0.278. The van der Waals surface area contributed by atoms with Gasteiger partial charge in [-0.1, -0.05) is 6.07 Å². The number of carbonyl (C=O) groups excluding carboxylic acids is 1. The van der Waals surface area contributed by atoms with Gasteiger partial charge in [-0.15, -0.1) is 0 Å². The molecule has 1 saturated heterocycles. The highest BCUT2D eigenvalue weighted by Crippen LogP contribution is 2.29. The molecule has 2 aromatic rings. The summed E-state index contributed by atoms with van der Waals surface area (Å²) < 4.78 is 64.9. The Morgan fingerprint density at radius 3 is 2.39 bits per heavy atom. The summed E-state index contributed by atoms with van der Waals surface area (Å²) in [7, 11) is -2.64. The average Bonchev–Trinajstić information content (AvgIpc) is 2.71. The maximum absolute atomic E-state index is 13.8. The van der Waals surface area contributed by atoms with E-state index < -0.39 is 33.3 Å². The predicted octanol–water partition coefficient (Wildman–Crippen LogP) is 2.25. The number of hydrogen-bond acceptors (Lipinski definition) is 5. The lowest BCUT2D eigenvalue weighted by Crippen LogP contribution is -2.40. The van der Waals surface area contributed by atoms with E-state index in [0.717, 1.165) is 18.2 Å². The Morgan fingerprint density at radius 1 is 1.14 bits per heavy atom. The van der Waals surface area contributed by atoms with Crippen molar-refractivity contribution >= 4 is 21.6 Å². The first kappa shape index (κ1) is 20.2. The normalized spacial score (nSPS) is 15.2. The lowest BCUT2D eigenvalue weighted by atomic mass is 10.2. The monoisotopic (exact) mass is 412 g/mol. The van der Waals surface area contributed by atoms with Crippen LogP contribution in [0.2, 0.25) is 0 Å². The second-order valence-corrected chi connectivity index (χ2v) is 7.84. The first-order chi connectivity index (χ1) is 13.3. The number of morpholine rings is 1. The zero-order valence-electron chi connectivity index (χ0n) is 14.9. The maximum Gasteiger partial charge on any atom is 0.255 e. The average molecular weight is 412 g/mol. The van der Waals surface area contributed by atoms with Crippen molar-refractivity contribution in [3.8, 4) is 5.75 Å². The Hall–Kier alpha value is -2.56. The SMILES string of the molecule is COc1ccc(C(=O)Nc2c(F)cccc2F)cc1S(=O)(=O)N1CCOCC1. The number of anilines is 1. The van der Waals surface area contributed by atoms with Gasteiger partial charge in [0.05, 0.1) is 20.3 Å². The Balaban J connectivity index is 1.95. The minimum absolute atomic E-state index is 0.0557. The Kier molecular flexibility index (Phi) is 5.92. The van der Waals surface area contributed by atoms with Crippen LogP contribution in [0.4, 0.5) is 14.5 Å². The van der Waals surface area contributed by atoms with Crippen molar-refractivity contribution in [1.82, 2.24) is 4.31 Å². The Bertz CT molecular complexity index is 971. The van der Waals surface area contributed by atoms with Crippen LogP contribution in [-0.2, 0) is 14.8 Å². The van der Waals surface area contributed by atoms with Crippen molar-refractivity contribution in [2.75, 3.05) is 38.7 Å². The van der Waals surface area contributed by atoms with Gasteiger partial charge in [-0.05, 0) is 30.3 Å². The van der Waals surface area contributed by atoms with Crippen LogP contribution in [0.15, 0.2) is 41.3 Å². The summed E-state index contributed by atoms with van der Waals surface area (Å²) >= 11 is 0. The van der Waals surface area contributed by atoms with Crippen molar-refractivity contribution in [3.63, 3.8) is 0 Å². The van der Waals surface area contributed by atoms with Crippen molar-refractivity contribution < 1.29 is 31.5 Å². The largest absolute Gasteiger partial charge is 0.495 e. The summed E-state index contributed by atoms with van der Waals surface area (Å²) in [5.41, 5.74) is -0.698. The first-order valence-corrected chi connectivity index (χ1v) is 9.80. The van der Waals surface area contributed by atoms with E-state index in [4.69, 9.17) is 9.47 Å². The number of carbonyl (C=O) groups is 1. The minimum atomic E-state index is -3.95.